The first kappa shape index (κ1) is 15.3. The summed E-state index contributed by atoms with van der Waals surface area (Å²) in [6, 6.07) is 10.2. The summed E-state index contributed by atoms with van der Waals surface area (Å²) in [7, 11) is 0. The fourth-order valence-electron chi connectivity index (χ4n) is 3.00. The molecule has 4 heteroatoms. The maximum absolute atomic E-state index is 12.4. The lowest BCUT2D eigenvalue weighted by Crippen LogP contribution is -2.32. The summed E-state index contributed by atoms with van der Waals surface area (Å²) < 4.78 is 0. The zero-order chi connectivity index (χ0) is 15.5. The van der Waals surface area contributed by atoms with Gasteiger partial charge in [0.25, 0.3) is 5.91 Å². The molecule has 1 fully saturated rings. The molecule has 2 aromatic rings. The molecule has 3 rings (SSSR count). The molecular weight excluding hydrogens is 294 g/mol. The van der Waals surface area contributed by atoms with Crippen LogP contribution in [0.3, 0.4) is 0 Å². The van der Waals surface area contributed by atoms with E-state index in [9.17, 15) is 9.90 Å². The van der Waals surface area contributed by atoms with Crippen LogP contribution in [-0.4, -0.2) is 23.7 Å². The van der Waals surface area contributed by atoms with Crippen LogP contribution in [0.25, 0.3) is 11.1 Å². The molecule has 2 unspecified atom stereocenters. The van der Waals surface area contributed by atoms with Crippen LogP contribution < -0.4 is 5.32 Å². The molecule has 0 spiro atoms. The zero-order valence-corrected chi connectivity index (χ0v) is 13.5. The Morgan fingerprint density at radius 2 is 2.05 bits per heavy atom. The van der Waals surface area contributed by atoms with Crippen molar-refractivity contribution in [1.82, 2.24) is 5.32 Å². The lowest BCUT2D eigenvalue weighted by molar-refractivity contribution is 0.0921. The summed E-state index contributed by atoms with van der Waals surface area (Å²) in [5, 5.41) is 14.8. The van der Waals surface area contributed by atoms with E-state index in [1.807, 2.05) is 11.4 Å². The van der Waals surface area contributed by atoms with Crippen molar-refractivity contribution in [2.75, 3.05) is 6.54 Å². The van der Waals surface area contributed by atoms with Crippen molar-refractivity contribution in [3.05, 3.63) is 46.2 Å². The van der Waals surface area contributed by atoms with Gasteiger partial charge in [0.2, 0.25) is 0 Å². The van der Waals surface area contributed by atoms with E-state index in [0.29, 0.717) is 6.54 Å². The SMILES string of the molecule is Cc1ccc(-c2ccsc2C(=O)NCC2CCCC2O)cc1. The van der Waals surface area contributed by atoms with Gasteiger partial charge in [-0.2, -0.15) is 0 Å². The third-order valence-electron chi connectivity index (χ3n) is 4.38. The highest BCUT2D eigenvalue weighted by molar-refractivity contribution is 7.12. The van der Waals surface area contributed by atoms with Gasteiger partial charge in [-0.1, -0.05) is 36.2 Å². The van der Waals surface area contributed by atoms with E-state index in [4.69, 9.17) is 0 Å². The average Bonchev–Trinajstić information content (AvgIpc) is 3.15. The van der Waals surface area contributed by atoms with E-state index < -0.39 is 0 Å². The molecule has 3 nitrogen and oxygen atoms in total. The van der Waals surface area contributed by atoms with Crippen molar-refractivity contribution < 1.29 is 9.90 Å². The van der Waals surface area contributed by atoms with Gasteiger partial charge < -0.3 is 10.4 Å². The summed E-state index contributed by atoms with van der Waals surface area (Å²) >= 11 is 1.47. The number of thiophene rings is 1. The molecule has 22 heavy (non-hydrogen) atoms. The third kappa shape index (κ3) is 3.23. The summed E-state index contributed by atoms with van der Waals surface area (Å²) in [5.41, 5.74) is 3.26. The molecule has 116 valence electrons. The molecule has 1 aliphatic rings. The highest BCUT2D eigenvalue weighted by Gasteiger charge is 2.26. The molecule has 2 N–H and O–H groups in total. The summed E-state index contributed by atoms with van der Waals surface area (Å²) in [6.45, 7) is 2.61. The van der Waals surface area contributed by atoms with Crippen LogP contribution in [-0.2, 0) is 0 Å². The number of benzene rings is 1. The molecule has 1 aromatic heterocycles. The Morgan fingerprint density at radius 3 is 2.73 bits per heavy atom. The van der Waals surface area contributed by atoms with Crippen molar-refractivity contribution in [3.63, 3.8) is 0 Å². The second-order valence-corrected chi connectivity index (χ2v) is 6.91. The van der Waals surface area contributed by atoms with Gasteiger partial charge in [-0.15, -0.1) is 11.3 Å². The highest BCUT2D eigenvalue weighted by Crippen LogP contribution is 2.29. The molecule has 0 bridgehead atoms. The molecule has 0 radical (unpaired) electrons. The van der Waals surface area contributed by atoms with Crippen molar-refractivity contribution in [2.45, 2.75) is 32.3 Å². The number of rotatable bonds is 4. The normalized spacial score (nSPS) is 21.0. The molecule has 0 saturated heterocycles. The number of carbonyl (C=O) groups excluding carboxylic acids is 1. The van der Waals surface area contributed by atoms with Gasteiger partial charge in [-0.05, 0) is 36.8 Å². The van der Waals surface area contributed by atoms with E-state index in [1.54, 1.807) is 0 Å². The molecule has 0 aliphatic heterocycles. The van der Waals surface area contributed by atoms with Crippen molar-refractivity contribution in [1.29, 1.82) is 0 Å². The Morgan fingerprint density at radius 1 is 1.27 bits per heavy atom. The van der Waals surface area contributed by atoms with Crippen LogP contribution in [0.15, 0.2) is 35.7 Å². The smallest absolute Gasteiger partial charge is 0.261 e. The van der Waals surface area contributed by atoms with E-state index in [0.717, 1.165) is 35.3 Å². The van der Waals surface area contributed by atoms with Gasteiger partial charge in [0, 0.05) is 18.0 Å². The largest absolute Gasteiger partial charge is 0.393 e. The minimum absolute atomic E-state index is 0.0373. The Hall–Kier alpha value is -1.65. The minimum Gasteiger partial charge on any atom is -0.393 e. The predicted molar refractivity (Wildman–Crippen MR) is 90.2 cm³/mol. The van der Waals surface area contributed by atoms with E-state index in [2.05, 4.69) is 36.5 Å². The fourth-order valence-corrected chi connectivity index (χ4v) is 3.84. The molecule has 1 heterocycles. The standard InChI is InChI=1S/C18H21NO2S/c1-12-5-7-13(8-6-12)15-9-10-22-17(15)18(21)19-11-14-3-2-4-16(14)20/h5-10,14,16,20H,2-4,11H2,1H3,(H,19,21). The predicted octanol–water partition coefficient (Wildman–Crippen LogP) is 3.61. The van der Waals surface area contributed by atoms with Crippen molar-refractivity contribution in [3.8, 4) is 11.1 Å². The fraction of sp³-hybridized carbons (Fsp3) is 0.389. The topological polar surface area (TPSA) is 49.3 Å². The number of nitrogens with one attached hydrogen (secondary N) is 1. The van der Waals surface area contributed by atoms with Crippen LogP contribution in [0.4, 0.5) is 0 Å². The van der Waals surface area contributed by atoms with Crippen molar-refractivity contribution >= 4 is 17.2 Å². The van der Waals surface area contributed by atoms with Gasteiger partial charge >= 0.3 is 0 Å². The molecule has 1 aromatic carbocycles. The lowest BCUT2D eigenvalue weighted by atomic mass is 10.0. The Labute approximate surface area is 135 Å². The average molecular weight is 315 g/mol. The number of hydrogen-bond donors (Lipinski definition) is 2. The Balaban J connectivity index is 1.71. The Bertz CT molecular complexity index is 647. The second-order valence-electron chi connectivity index (χ2n) is 6.00. The van der Waals surface area contributed by atoms with Gasteiger partial charge in [-0.3, -0.25) is 4.79 Å². The summed E-state index contributed by atoms with van der Waals surface area (Å²) in [5.74, 6) is 0.163. The first-order valence-corrected chi connectivity index (χ1v) is 8.64. The van der Waals surface area contributed by atoms with Crippen LogP contribution in [0.2, 0.25) is 0 Å². The van der Waals surface area contributed by atoms with Crippen molar-refractivity contribution in [2.24, 2.45) is 5.92 Å². The van der Waals surface area contributed by atoms with Crippen LogP contribution >= 0.6 is 11.3 Å². The van der Waals surface area contributed by atoms with Gasteiger partial charge in [0.05, 0.1) is 11.0 Å². The number of amides is 1. The molecule has 1 amide bonds. The summed E-state index contributed by atoms with van der Waals surface area (Å²) in [4.78, 5) is 13.2. The zero-order valence-electron chi connectivity index (χ0n) is 12.7. The number of hydrogen-bond acceptors (Lipinski definition) is 3. The number of carbonyl (C=O) groups is 1. The van der Waals surface area contributed by atoms with E-state index in [1.165, 1.54) is 16.9 Å². The summed E-state index contributed by atoms with van der Waals surface area (Å²) in [6.07, 6.45) is 2.64. The first-order valence-electron chi connectivity index (χ1n) is 7.76. The van der Waals surface area contributed by atoms with E-state index >= 15 is 0 Å². The monoisotopic (exact) mass is 315 g/mol. The molecular formula is C18H21NO2S. The van der Waals surface area contributed by atoms with Gasteiger partial charge in [0.15, 0.2) is 0 Å². The molecule has 1 saturated carbocycles. The second kappa shape index (κ2) is 6.63. The highest BCUT2D eigenvalue weighted by atomic mass is 32.1. The molecule has 1 aliphatic carbocycles. The first-order chi connectivity index (χ1) is 10.6. The van der Waals surface area contributed by atoms with Gasteiger partial charge in [-0.25, -0.2) is 0 Å². The maximum Gasteiger partial charge on any atom is 0.261 e. The molecule has 2 atom stereocenters. The number of aliphatic hydroxyl groups excluding tert-OH is 1. The van der Waals surface area contributed by atoms with Crippen LogP contribution in [0, 0.1) is 12.8 Å². The maximum atomic E-state index is 12.4. The Kier molecular flexibility index (Phi) is 4.60. The lowest BCUT2D eigenvalue weighted by Gasteiger charge is -2.15. The van der Waals surface area contributed by atoms with Crippen LogP contribution in [0.5, 0.6) is 0 Å². The third-order valence-corrected chi connectivity index (χ3v) is 5.29. The number of aliphatic hydroxyl groups is 1. The number of aryl methyl sites for hydroxylation is 1. The van der Waals surface area contributed by atoms with Gasteiger partial charge in [0.1, 0.15) is 0 Å². The minimum atomic E-state index is -0.264. The van der Waals surface area contributed by atoms with E-state index in [-0.39, 0.29) is 17.9 Å². The van der Waals surface area contributed by atoms with Crippen LogP contribution in [0.1, 0.15) is 34.5 Å². The quantitative estimate of drug-likeness (QED) is 0.905.